The molecule has 13 heavy (non-hydrogen) atoms. The minimum atomic E-state index is 0.0471. The van der Waals surface area contributed by atoms with Gasteiger partial charge in [-0.3, -0.25) is 4.79 Å². The summed E-state index contributed by atoms with van der Waals surface area (Å²) in [5, 5.41) is 0. The highest BCUT2D eigenvalue weighted by atomic mass is 16.1. The molecular formula is C12H20O. The number of carbonyl (C=O) groups is 1. The molecule has 0 aromatic heterocycles. The molecule has 1 nitrogen and oxygen atoms in total. The highest BCUT2D eigenvalue weighted by Crippen LogP contribution is 2.51. The SMILES string of the molecule is CC(C)=CCC1(C(=O)C(C)C)CC1. The minimum Gasteiger partial charge on any atom is -0.299 e. The number of allylic oxidation sites excluding steroid dienone is 2. The van der Waals surface area contributed by atoms with Crippen molar-refractivity contribution < 1.29 is 4.79 Å². The second-order valence-electron chi connectivity index (χ2n) is 4.78. The predicted octanol–water partition coefficient (Wildman–Crippen LogP) is 3.35. The fraction of sp³-hybridized carbons (Fsp3) is 0.750. The summed E-state index contributed by atoms with van der Waals surface area (Å²) >= 11 is 0. The van der Waals surface area contributed by atoms with Gasteiger partial charge in [-0.1, -0.05) is 25.5 Å². The van der Waals surface area contributed by atoms with Crippen LogP contribution >= 0.6 is 0 Å². The Balaban J connectivity index is 2.57. The number of hydrogen-bond donors (Lipinski definition) is 0. The molecule has 0 unspecified atom stereocenters. The van der Waals surface area contributed by atoms with Gasteiger partial charge in [0.25, 0.3) is 0 Å². The van der Waals surface area contributed by atoms with E-state index in [4.69, 9.17) is 0 Å². The van der Waals surface area contributed by atoms with Crippen molar-refractivity contribution in [3.63, 3.8) is 0 Å². The molecule has 0 N–H and O–H groups in total. The monoisotopic (exact) mass is 180 g/mol. The van der Waals surface area contributed by atoms with Gasteiger partial charge in [0.05, 0.1) is 0 Å². The maximum atomic E-state index is 11.8. The second kappa shape index (κ2) is 3.65. The van der Waals surface area contributed by atoms with Crippen LogP contribution in [0.15, 0.2) is 11.6 Å². The normalized spacial score (nSPS) is 18.5. The van der Waals surface area contributed by atoms with Crippen molar-refractivity contribution in [2.45, 2.75) is 47.0 Å². The number of rotatable bonds is 4. The first-order valence-electron chi connectivity index (χ1n) is 5.16. The number of ketones is 1. The van der Waals surface area contributed by atoms with E-state index in [0.717, 1.165) is 19.3 Å². The van der Waals surface area contributed by atoms with Crippen LogP contribution in [0.5, 0.6) is 0 Å². The van der Waals surface area contributed by atoms with Crippen LogP contribution in [0.3, 0.4) is 0 Å². The van der Waals surface area contributed by atoms with E-state index in [1.54, 1.807) is 0 Å². The molecule has 0 saturated heterocycles. The van der Waals surface area contributed by atoms with Crippen molar-refractivity contribution in [1.29, 1.82) is 0 Å². The molecule has 74 valence electrons. The third kappa shape index (κ3) is 2.43. The standard InChI is InChI=1S/C12H20O/c1-9(2)5-6-12(7-8-12)11(13)10(3)4/h5,10H,6-8H2,1-4H3. The Morgan fingerprint density at radius 2 is 1.92 bits per heavy atom. The molecule has 1 aliphatic rings. The maximum absolute atomic E-state index is 11.8. The quantitative estimate of drug-likeness (QED) is 0.606. The van der Waals surface area contributed by atoms with Crippen molar-refractivity contribution in [2.24, 2.45) is 11.3 Å². The Morgan fingerprint density at radius 3 is 2.23 bits per heavy atom. The molecular weight excluding hydrogens is 160 g/mol. The van der Waals surface area contributed by atoms with Gasteiger partial charge in [0.15, 0.2) is 0 Å². The van der Waals surface area contributed by atoms with Gasteiger partial charge < -0.3 is 0 Å². The predicted molar refractivity (Wildman–Crippen MR) is 55.6 cm³/mol. The molecule has 1 rings (SSSR count). The average molecular weight is 180 g/mol. The largest absolute Gasteiger partial charge is 0.299 e. The summed E-state index contributed by atoms with van der Waals surface area (Å²) in [6, 6.07) is 0. The molecule has 0 aromatic rings. The van der Waals surface area contributed by atoms with Gasteiger partial charge in [-0.25, -0.2) is 0 Å². The fourth-order valence-corrected chi connectivity index (χ4v) is 1.71. The van der Waals surface area contributed by atoms with Crippen molar-refractivity contribution in [1.82, 2.24) is 0 Å². The molecule has 0 spiro atoms. The average Bonchev–Trinajstić information content (AvgIpc) is 2.80. The lowest BCUT2D eigenvalue weighted by Gasteiger charge is -2.14. The van der Waals surface area contributed by atoms with E-state index in [-0.39, 0.29) is 11.3 Å². The fourth-order valence-electron chi connectivity index (χ4n) is 1.71. The maximum Gasteiger partial charge on any atom is 0.141 e. The lowest BCUT2D eigenvalue weighted by molar-refractivity contribution is -0.127. The molecule has 0 atom stereocenters. The van der Waals surface area contributed by atoms with Crippen LogP contribution in [0.2, 0.25) is 0 Å². The van der Waals surface area contributed by atoms with Crippen LogP contribution in [0.25, 0.3) is 0 Å². The van der Waals surface area contributed by atoms with Crippen LogP contribution in [-0.4, -0.2) is 5.78 Å². The first-order valence-corrected chi connectivity index (χ1v) is 5.16. The summed E-state index contributed by atoms with van der Waals surface area (Å²) in [5.41, 5.74) is 1.37. The van der Waals surface area contributed by atoms with Gasteiger partial charge in [0, 0.05) is 11.3 Å². The molecule has 0 radical (unpaired) electrons. The second-order valence-corrected chi connectivity index (χ2v) is 4.78. The van der Waals surface area contributed by atoms with Crippen molar-refractivity contribution in [3.8, 4) is 0 Å². The summed E-state index contributed by atoms with van der Waals surface area (Å²) in [4.78, 5) is 11.8. The first-order chi connectivity index (χ1) is 5.98. The van der Waals surface area contributed by atoms with E-state index in [1.165, 1.54) is 5.57 Å². The molecule has 1 aliphatic carbocycles. The lowest BCUT2D eigenvalue weighted by atomic mass is 9.89. The highest BCUT2D eigenvalue weighted by Gasteiger charge is 2.48. The molecule has 1 fully saturated rings. The van der Waals surface area contributed by atoms with E-state index in [2.05, 4.69) is 19.9 Å². The summed E-state index contributed by atoms with van der Waals surface area (Å²) < 4.78 is 0. The summed E-state index contributed by atoms with van der Waals surface area (Å²) in [6.45, 7) is 8.20. The summed E-state index contributed by atoms with van der Waals surface area (Å²) in [5.74, 6) is 0.665. The first kappa shape index (κ1) is 10.5. The van der Waals surface area contributed by atoms with E-state index < -0.39 is 0 Å². The number of carbonyl (C=O) groups excluding carboxylic acids is 1. The van der Waals surface area contributed by atoms with Crippen molar-refractivity contribution in [2.75, 3.05) is 0 Å². The summed E-state index contributed by atoms with van der Waals surface area (Å²) in [6.07, 6.45) is 5.38. The van der Waals surface area contributed by atoms with Crippen LogP contribution in [0.4, 0.5) is 0 Å². The van der Waals surface area contributed by atoms with E-state index in [9.17, 15) is 4.79 Å². The molecule has 0 bridgehead atoms. The van der Waals surface area contributed by atoms with Crippen LogP contribution in [-0.2, 0) is 4.79 Å². The lowest BCUT2D eigenvalue weighted by Crippen LogP contribution is -2.20. The topological polar surface area (TPSA) is 17.1 Å². The molecule has 0 amide bonds. The van der Waals surface area contributed by atoms with Crippen LogP contribution in [0.1, 0.15) is 47.0 Å². The number of hydrogen-bond acceptors (Lipinski definition) is 1. The molecule has 0 aliphatic heterocycles. The Labute approximate surface area is 81.2 Å². The van der Waals surface area contributed by atoms with Gasteiger partial charge in [0.2, 0.25) is 0 Å². The Hall–Kier alpha value is -0.590. The van der Waals surface area contributed by atoms with Gasteiger partial charge in [-0.15, -0.1) is 0 Å². The minimum absolute atomic E-state index is 0.0471. The zero-order chi connectivity index (χ0) is 10.1. The Kier molecular flexibility index (Phi) is 2.94. The van der Waals surface area contributed by atoms with Crippen molar-refractivity contribution >= 4 is 5.78 Å². The van der Waals surface area contributed by atoms with Gasteiger partial charge in [0.1, 0.15) is 5.78 Å². The zero-order valence-electron chi connectivity index (χ0n) is 9.18. The van der Waals surface area contributed by atoms with Crippen molar-refractivity contribution in [3.05, 3.63) is 11.6 Å². The van der Waals surface area contributed by atoms with E-state index in [0.29, 0.717) is 5.78 Å². The third-order valence-corrected chi connectivity index (χ3v) is 2.80. The smallest absolute Gasteiger partial charge is 0.141 e. The molecule has 0 heterocycles. The Morgan fingerprint density at radius 1 is 1.38 bits per heavy atom. The summed E-state index contributed by atoms with van der Waals surface area (Å²) in [7, 11) is 0. The number of Topliss-reactive ketones (excluding diaryl/α,β-unsaturated/α-hetero) is 1. The third-order valence-electron chi connectivity index (χ3n) is 2.80. The van der Waals surface area contributed by atoms with Crippen LogP contribution in [0, 0.1) is 11.3 Å². The molecule has 0 aromatic carbocycles. The van der Waals surface area contributed by atoms with E-state index >= 15 is 0 Å². The highest BCUT2D eigenvalue weighted by molar-refractivity contribution is 5.89. The van der Waals surface area contributed by atoms with Gasteiger partial charge >= 0.3 is 0 Å². The zero-order valence-corrected chi connectivity index (χ0v) is 9.18. The van der Waals surface area contributed by atoms with Crippen LogP contribution < -0.4 is 0 Å². The molecule has 1 saturated carbocycles. The van der Waals surface area contributed by atoms with E-state index in [1.807, 2.05) is 13.8 Å². The van der Waals surface area contributed by atoms with Gasteiger partial charge in [-0.05, 0) is 33.1 Å². The Bertz CT molecular complexity index is 228. The molecule has 1 heteroatoms. The van der Waals surface area contributed by atoms with Gasteiger partial charge in [-0.2, -0.15) is 0 Å².